The third-order valence-corrected chi connectivity index (χ3v) is 1.43. The first kappa shape index (κ1) is 9.51. The summed E-state index contributed by atoms with van der Waals surface area (Å²) in [6, 6.07) is 5.87. The summed E-state index contributed by atoms with van der Waals surface area (Å²) in [7, 11) is 0. The monoisotopic (exact) mass is 180 g/mol. The molecule has 0 heterocycles. The van der Waals surface area contributed by atoms with Crippen LogP contribution in [0.5, 0.6) is 0 Å². The number of hydrogen-bond donors (Lipinski definition) is 1. The highest BCUT2D eigenvalue weighted by atomic mass is 16.6. The van der Waals surface area contributed by atoms with Crippen LogP contribution in [0.25, 0.3) is 0 Å². The Kier molecular flexibility index (Phi) is 3.25. The van der Waals surface area contributed by atoms with Crippen molar-refractivity contribution in [2.75, 3.05) is 5.73 Å². The van der Waals surface area contributed by atoms with Gasteiger partial charge < -0.3 is 5.73 Å². The van der Waals surface area contributed by atoms with E-state index in [2.05, 4.69) is 0 Å². The number of nitro groups is 1. The molecule has 1 aromatic carbocycles. The molecule has 0 amide bonds. The van der Waals surface area contributed by atoms with Crippen LogP contribution in [0.2, 0.25) is 0 Å². The van der Waals surface area contributed by atoms with Gasteiger partial charge in [0.05, 0.1) is 4.92 Å². The number of anilines is 1. The van der Waals surface area contributed by atoms with Gasteiger partial charge in [0.15, 0.2) is 0 Å². The molecular formula is C9H12N2O2. The highest BCUT2D eigenvalue weighted by molar-refractivity contribution is 5.46. The van der Waals surface area contributed by atoms with Crippen LogP contribution in [0.15, 0.2) is 24.3 Å². The van der Waals surface area contributed by atoms with Gasteiger partial charge in [-0.15, -0.1) is 0 Å². The van der Waals surface area contributed by atoms with Crippen LogP contribution >= 0.6 is 0 Å². The lowest BCUT2D eigenvalue weighted by molar-refractivity contribution is -0.384. The largest absolute Gasteiger partial charge is 0.399 e. The zero-order chi connectivity index (χ0) is 9.68. The van der Waals surface area contributed by atoms with Gasteiger partial charge in [0.1, 0.15) is 0 Å². The predicted octanol–water partition coefficient (Wildman–Crippen LogP) is 2.35. The van der Waals surface area contributed by atoms with Crippen LogP contribution < -0.4 is 5.73 Å². The summed E-state index contributed by atoms with van der Waals surface area (Å²) in [6.45, 7) is 0. The third-order valence-electron chi connectivity index (χ3n) is 1.43. The lowest BCUT2D eigenvalue weighted by Gasteiger charge is -1.90. The molecule has 1 fully saturated rings. The Balaban J connectivity index is 0.000000236. The van der Waals surface area contributed by atoms with Crippen LogP contribution in [-0.2, 0) is 0 Å². The number of nitro benzene ring substituents is 1. The van der Waals surface area contributed by atoms with Gasteiger partial charge in [-0.05, 0) is 6.07 Å². The van der Waals surface area contributed by atoms with Gasteiger partial charge in [0.25, 0.3) is 5.69 Å². The second-order valence-corrected chi connectivity index (χ2v) is 2.91. The van der Waals surface area contributed by atoms with E-state index in [1.54, 1.807) is 12.1 Å². The van der Waals surface area contributed by atoms with Crippen LogP contribution in [0, 0.1) is 10.1 Å². The quantitative estimate of drug-likeness (QED) is 0.409. The zero-order valence-electron chi connectivity index (χ0n) is 7.27. The summed E-state index contributed by atoms with van der Waals surface area (Å²) in [5, 5.41) is 10.1. The molecule has 4 heteroatoms. The molecular weight excluding hydrogens is 168 g/mol. The van der Waals surface area contributed by atoms with Crippen molar-refractivity contribution in [1.82, 2.24) is 0 Å². The Morgan fingerprint density at radius 3 is 2.23 bits per heavy atom. The first-order chi connectivity index (χ1) is 6.20. The SMILES string of the molecule is C1CC1.Nc1cccc([N+](=O)[O-])c1. The standard InChI is InChI=1S/C6H6N2O2.C3H6/c7-5-2-1-3-6(4-5)8(9)10;1-2-3-1/h1-4H,7H2;1-3H2. The minimum atomic E-state index is -0.476. The molecule has 4 nitrogen and oxygen atoms in total. The van der Waals surface area contributed by atoms with E-state index in [1.165, 1.54) is 31.4 Å². The Hall–Kier alpha value is -1.58. The Labute approximate surface area is 76.5 Å². The lowest BCUT2D eigenvalue weighted by Crippen LogP contribution is -1.89. The van der Waals surface area contributed by atoms with E-state index in [1.807, 2.05) is 0 Å². The fraction of sp³-hybridized carbons (Fsp3) is 0.333. The molecule has 0 saturated heterocycles. The third kappa shape index (κ3) is 4.10. The second kappa shape index (κ2) is 4.45. The van der Waals surface area contributed by atoms with Crippen molar-refractivity contribution in [2.24, 2.45) is 0 Å². The number of nitrogen functional groups attached to an aromatic ring is 1. The Morgan fingerprint density at radius 2 is 1.92 bits per heavy atom. The van der Waals surface area contributed by atoms with Crippen LogP contribution in [0.1, 0.15) is 19.3 Å². The molecule has 0 aromatic heterocycles. The second-order valence-electron chi connectivity index (χ2n) is 2.91. The number of nitrogens with zero attached hydrogens (tertiary/aromatic N) is 1. The number of non-ortho nitro benzene ring substituents is 1. The molecule has 70 valence electrons. The van der Waals surface area contributed by atoms with Gasteiger partial charge in [-0.1, -0.05) is 25.3 Å². The Morgan fingerprint density at radius 1 is 1.31 bits per heavy atom. The maximum Gasteiger partial charge on any atom is 0.271 e. The first-order valence-corrected chi connectivity index (χ1v) is 4.20. The summed E-state index contributed by atoms with van der Waals surface area (Å²) in [5.74, 6) is 0. The van der Waals surface area contributed by atoms with Gasteiger partial charge in [-0.25, -0.2) is 0 Å². The molecule has 0 aliphatic heterocycles. The van der Waals surface area contributed by atoms with E-state index in [-0.39, 0.29) is 5.69 Å². The van der Waals surface area contributed by atoms with Gasteiger partial charge in [-0.2, -0.15) is 0 Å². The van der Waals surface area contributed by atoms with Gasteiger partial charge >= 0.3 is 0 Å². The van der Waals surface area contributed by atoms with E-state index in [9.17, 15) is 10.1 Å². The fourth-order valence-corrected chi connectivity index (χ4v) is 0.638. The topological polar surface area (TPSA) is 69.2 Å². The molecule has 0 bridgehead atoms. The first-order valence-electron chi connectivity index (χ1n) is 4.20. The number of hydrogen-bond acceptors (Lipinski definition) is 3. The number of rotatable bonds is 1. The van der Waals surface area contributed by atoms with Crippen LogP contribution in [-0.4, -0.2) is 4.92 Å². The maximum atomic E-state index is 10.1. The van der Waals surface area contributed by atoms with E-state index >= 15 is 0 Å². The normalized spacial score (nSPS) is 12.6. The highest BCUT2D eigenvalue weighted by Crippen LogP contribution is 2.15. The molecule has 0 radical (unpaired) electrons. The molecule has 0 atom stereocenters. The van der Waals surface area contributed by atoms with Crippen molar-refractivity contribution < 1.29 is 4.92 Å². The molecule has 1 aromatic rings. The van der Waals surface area contributed by atoms with E-state index < -0.39 is 4.92 Å². The van der Waals surface area contributed by atoms with Crippen molar-refractivity contribution >= 4 is 11.4 Å². The molecule has 13 heavy (non-hydrogen) atoms. The highest BCUT2D eigenvalue weighted by Gasteiger charge is 2.02. The van der Waals surface area contributed by atoms with Crippen molar-refractivity contribution in [3.8, 4) is 0 Å². The average Bonchev–Trinajstić information content (AvgIpc) is 2.89. The Bertz CT molecular complexity index is 295. The zero-order valence-corrected chi connectivity index (χ0v) is 7.27. The summed E-state index contributed by atoms with van der Waals surface area (Å²) in [6.07, 6.45) is 4.50. The number of nitrogens with two attached hydrogens (primary N) is 1. The van der Waals surface area contributed by atoms with Gasteiger partial charge in [-0.3, -0.25) is 10.1 Å². The minimum Gasteiger partial charge on any atom is -0.399 e. The summed E-state index contributed by atoms with van der Waals surface area (Å²) < 4.78 is 0. The molecule has 2 N–H and O–H groups in total. The van der Waals surface area contributed by atoms with E-state index in [0.717, 1.165) is 0 Å². The summed E-state index contributed by atoms with van der Waals surface area (Å²) in [4.78, 5) is 9.63. The molecule has 2 rings (SSSR count). The van der Waals surface area contributed by atoms with Crippen molar-refractivity contribution in [3.05, 3.63) is 34.4 Å². The molecule has 0 unspecified atom stereocenters. The van der Waals surface area contributed by atoms with E-state index in [4.69, 9.17) is 5.73 Å². The molecule has 1 aliphatic rings. The summed E-state index contributed by atoms with van der Waals surface area (Å²) in [5.41, 5.74) is 5.73. The van der Waals surface area contributed by atoms with Crippen molar-refractivity contribution in [1.29, 1.82) is 0 Å². The smallest absolute Gasteiger partial charge is 0.271 e. The lowest BCUT2D eigenvalue weighted by atomic mass is 10.3. The van der Waals surface area contributed by atoms with Crippen LogP contribution in [0.3, 0.4) is 0 Å². The summed E-state index contributed by atoms with van der Waals surface area (Å²) >= 11 is 0. The van der Waals surface area contributed by atoms with E-state index in [0.29, 0.717) is 5.69 Å². The minimum absolute atomic E-state index is 0.0278. The van der Waals surface area contributed by atoms with Gasteiger partial charge in [0, 0.05) is 17.8 Å². The van der Waals surface area contributed by atoms with Crippen molar-refractivity contribution in [3.63, 3.8) is 0 Å². The predicted molar refractivity (Wildman–Crippen MR) is 51.4 cm³/mol. The fourth-order valence-electron chi connectivity index (χ4n) is 0.638. The number of benzene rings is 1. The van der Waals surface area contributed by atoms with Gasteiger partial charge in [0.2, 0.25) is 0 Å². The van der Waals surface area contributed by atoms with Crippen LogP contribution in [0.4, 0.5) is 11.4 Å². The molecule has 1 saturated carbocycles. The van der Waals surface area contributed by atoms with Crippen molar-refractivity contribution in [2.45, 2.75) is 19.3 Å². The molecule has 0 spiro atoms. The average molecular weight is 180 g/mol. The maximum absolute atomic E-state index is 10.1. The molecule has 1 aliphatic carbocycles.